The molecule has 2 heteroatoms. The molecule has 1 rings (SSSR count). The smallest absolute Gasteiger partial charge is 0.331 e. The van der Waals surface area contributed by atoms with Crippen molar-refractivity contribution in [2.45, 2.75) is 58.0 Å². The number of carbonyl (C=O) groups excluding carboxylic acids is 1. The Morgan fingerprint density at radius 1 is 1.21 bits per heavy atom. The van der Waals surface area contributed by atoms with E-state index in [0.29, 0.717) is 0 Å². The van der Waals surface area contributed by atoms with Crippen LogP contribution in [0.25, 0.3) is 0 Å². The second kappa shape index (κ2) is 6.63. The molecule has 1 heterocycles. The minimum absolute atomic E-state index is 0.0636. The molecule has 0 radical (unpaired) electrons. The van der Waals surface area contributed by atoms with Gasteiger partial charge in [-0.2, -0.15) is 0 Å². The third-order valence-corrected chi connectivity index (χ3v) is 2.56. The van der Waals surface area contributed by atoms with E-state index in [1.54, 1.807) is 0 Å². The van der Waals surface area contributed by atoms with Gasteiger partial charge in [-0.05, 0) is 18.9 Å². The first-order chi connectivity index (χ1) is 6.83. The summed E-state index contributed by atoms with van der Waals surface area (Å²) in [6, 6.07) is 0. The molecule has 0 spiro atoms. The van der Waals surface area contributed by atoms with E-state index in [0.717, 1.165) is 6.42 Å². The Bertz CT molecular complexity index is 196. The van der Waals surface area contributed by atoms with Crippen LogP contribution in [0.15, 0.2) is 12.2 Å². The molecule has 0 aromatic carbocycles. The molecule has 0 aromatic rings. The fourth-order valence-corrected chi connectivity index (χ4v) is 1.69. The lowest BCUT2D eigenvalue weighted by atomic mass is 10.1. The highest BCUT2D eigenvalue weighted by atomic mass is 16.5. The van der Waals surface area contributed by atoms with Crippen LogP contribution in [0.2, 0.25) is 0 Å². The molecule has 0 N–H and O–H groups in total. The lowest BCUT2D eigenvalue weighted by molar-refractivity contribution is -0.138. The number of rotatable bonds is 7. The summed E-state index contributed by atoms with van der Waals surface area (Å²) in [7, 11) is 0. The minimum atomic E-state index is -0.180. The van der Waals surface area contributed by atoms with Gasteiger partial charge in [-0.3, -0.25) is 0 Å². The number of carbonyl (C=O) groups is 1. The molecule has 0 amide bonds. The van der Waals surface area contributed by atoms with Crippen molar-refractivity contribution in [3.8, 4) is 0 Å². The molecule has 1 atom stereocenters. The van der Waals surface area contributed by atoms with Gasteiger partial charge < -0.3 is 4.74 Å². The SMILES string of the molecule is CCCCCCCC[C@@H]1C=CC(=O)O1. The Hall–Kier alpha value is -0.790. The van der Waals surface area contributed by atoms with Gasteiger partial charge in [0.2, 0.25) is 0 Å². The Morgan fingerprint density at radius 3 is 2.57 bits per heavy atom. The van der Waals surface area contributed by atoms with E-state index < -0.39 is 0 Å². The van der Waals surface area contributed by atoms with Crippen molar-refractivity contribution in [3.63, 3.8) is 0 Å². The van der Waals surface area contributed by atoms with Crippen LogP contribution in [-0.4, -0.2) is 12.1 Å². The standard InChI is InChI=1S/C12H20O2/c1-2-3-4-5-6-7-8-11-9-10-12(13)14-11/h9-11H,2-8H2,1H3/t11-/m1/s1. The first-order valence-corrected chi connectivity index (χ1v) is 5.71. The van der Waals surface area contributed by atoms with E-state index >= 15 is 0 Å². The zero-order valence-corrected chi connectivity index (χ0v) is 9.00. The van der Waals surface area contributed by atoms with Gasteiger partial charge in [-0.25, -0.2) is 4.79 Å². The van der Waals surface area contributed by atoms with Crippen LogP contribution in [0, 0.1) is 0 Å². The molecule has 1 aliphatic rings. The molecule has 14 heavy (non-hydrogen) atoms. The van der Waals surface area contributed by atoms with E-state index in [1.165, 1.54) is 44.6 Å². The molecule has 0 fully saturated rings. The Morgan fingerprint density at radius 2 is 1.93 bits per heavy atom. The van der Waals surface area contributed by atoms with Crippen LogP contribution < -0.4 is 0 Å². The van der Waals surface area contributed by atoms with E-state index in [4.69, 9.17) is 4.74 Å². The number of ether oxygens (including phenoxy) is 1. The summed E-state index contributed by atoms with van der Waals surface area (Å²) in [5.41, 5.74) is 0. The van der Waals surface area contributed by atoms with Gasteiger partial charge in [-0.15, -0.1) is 0 Å². The summed E-state index contributed by atoms with van der Waals surface area (Å²) in [6.07, 6.45) is 12.2. The first kappa shape index (κ1) is 11.3. The first-order valence-electron chi connectivity index (χ1n) is 5.71. The van der Waals surface area contributed by atoms with Crippen LogP contribution in [-0.2, 0) is 9.53 Å². The molecule has 0 bridgehead atoms. The highest BCUT2D eigenvalue weighted by molar-refractivity contribution is 5.84. The molecule has 0 saturated heterocycles. The quantitative estimate of drug-likeness (QED) is 0.461. The van der Waals surface area contributed by atoms with Crippen molar-refractivity contribution >= 4 is 5.97 Å². The largest absolute Gasteiger partial charge is 0.455 e. The third-order valence-electron chi connectivity index (χ3n) is 2.56. The van der Waals surface area contributed by atoms with E-state index in [-0.39, 0.29) is 12.1 Å². The number of cyclic esters (lactones) is 1. The maximum Gasteiger partial charge on any atom is 0.331 e. The Kier molecular flexibility index (Phi) is 5.35. The van der Waals surface area contributed by atoms with E-state index in [9.17, 15) is 4.79 Å². The van der Waals surface area contributed by atoms with Crippen LogP contribution in [0.5, 0.6) is 0 Å². The molecule has 80 valence electrons. The molecule has 2 nitrogen and oxygen atoms in total. The van der Waals surface area contributed by atoms with E-state index in [1.807, 2.05) is 6.08 Å². The molecular weight excluding hydrogens is 176 g/mol. The Balaban J connectivity index is 1.89. The maximum absolute atomic E-state index is 10.7. The predicted molar refractivity (Wildman–Crippen MR) is 57.0 cm³/mol. The summed E-state index contributed by atoms with van der Waals surface area (Å²) in [4.78, 5) is 10.7. The average molecular weight is 196 g/mol. The highest BCUT2D eigenvalue weighted by Gasteiger charge is 2.15. The number of hydrogen-bond donors (Lipinski definition) is 0. The molecule has 0 unspecified atom stereocenters. The van der Waals surface area contributed by atoms with Crippen LogP contribution in [0.3, 0.4) is 0 Å². The molecule has 1 aliphatic heterocycles. The van der Waals surface area contributed by atoms with Gasteiger partial charge in [-0.1, -0.05) is 39.0 Å². The molecular formula is C12H20O2. The van der Waals surface area contributed by atoms with Crippen molar-refractivity contribution < 1.29 is 9.53 Å². The average Bonchev–Trinajstić information content (AvgIpc) is 2.58. The summed E-state index contributed by atoms with van der Waals surface area (Å²) in [6.45, 7) is 2.22. The monoisotopic (exact) mass is 196 g/mol. The molecule has 0 saturated carbocycles. The van der Waals surface area contributed by atoms with Gasteiger partial charge in [0.25, 0.3) is 0 Å². The van der Waals surface area contributed by atoms with Crippen LogP contribution >= 0.6 is 0 Å². The zero-order valence-electron chi connectivity index (χ0n) is 9.00. The number of hydrogen-bond acceptors (Lipinski definition) is 2. The molecule has 0 aliphatic carbocycles. The maximum atomic E-state index is 10.7. The topological polar surface area (TPSA) is 26.3 Å². The fourth-order valence-electron chi connectivity index (χ4n) is 1.69. The summed E-state index contributed by atoms with van der Waals surface area (Å²) in [5.74, 6) is -0.180. The van der Waals surface area contributed by atoms with Crippen LogP contribution in [0.1, 0.15) is 51.9 Å². The van der Waals surface area contributed by atoms with Crippen molar-refractivity contribution in [2.24, 2.45) is 0 Å². The molecule has 0 aromatic heterocycles. The summed E-state index contributed by atoms with van der Waals surface area (Å²) < 4.78 is 5.04. The number of unbranched alkanes of at least 4 members (excludes halogenated alkanes) is 5. The number of esters is 1. The summed E-state index contributed by atoms with van der Waals surface area (Å²) in [5, 5.41) is 0. The minimum Gasteiger partial charge on any atom is -0.455 e. The Labute approximate surface area is 86.3 Å². The lowest BCUT2D eigenvalue weighted by Gasteiger charge is -2.07. The van der Waals surface area contributed by atoms with Crippen molar-refractivity contribution in [3.05, 3.63) is 12.2 Å². The lowest BCUT2D eigenvalue weighted by Crippen LogP contribution is -2.06. The normalized spacial score (nSPS) is 20.1. The van der Waals surface area contributed by atoms with Gasteiger partial charge in [0, 0.05) is 6.08 Å². The van der Waals surface area contributed by atoms with Crippen molar-refractivity contribution in [1.82, 2.24) is 0 Å². The summed E-state index contributed by atoms with van der Waals surface area (Å²) >= 11 is 0. The van der Waals surface area contributed by atoms with Gasteiger partial charge in [0.15, 0.2) is 0 Å². The van der Waals surface area contributed by atoms with Gasteiger partial charge >= 0.3 is 5.97 Å². The third kappa shape index (κ3) is 4.45. The van der Waals surface area contributed by atoms with Crippen LogP contribution in [0.4, 0.5) is 0 Å². The van der Waals surface area contributed by atoms with Crippen molar-refractivity contribution in [1.29, 1.82) is 0 Å². The van der Waals surface area contributed by atoms with Gasteiger partial charge in [0.1, 0.15) is 6.10 Å². The predicted octanol–water partition coefficient (Wildman–Crippen LogP) is 3.22. The van der Waals surface area contributed by atoms with Crippen molar-refractivity contribution in [2.75, 3.05) is 0 Å². The van der Waals surface area contributed by atoms with Gasteiger partial charge in [0.05, 0.1) is 0 Å². The second-order valence-electron chi connectivity index (χ2n) is 3.89. The fraction of sp³-hybridized carbons (Fsp3) is 0.750. The second-order valence-corrected chi connectivity index (χ2v) is 3.89. The zero-order chi connectivity index (χ0) is 10.2. The van der Waals surface area contributed by atoms with E-state index in [2.05, 4.69) is 6.92 Å². The highest BCUT2D eigenvalue weighted by Crippen LogP contribution is 2.14.